The quantitative estimate of drug-likeness (QED) is 0.478. The van der Waals surface area contributed by atoms with Gasteiger partial charge in [0, 0.05) is 13.1 Å². The standard InChI is InChI=1S/C6H9F3N/c7-6(8,9)10-4-2-1-3-5-10/h1H,2-5H2. The van der Waals surface area contributed by atoms with Gasteiger partial charge in [0.1, 0.15) is 0 Å². The Morgan fingerprint density at radius 3 is 1.90 bits per heavy atom. The van der Waals surface area contributed by atoms with Gasteiger partial charge in [0.2, 0.25) is 0 Å². The zero-order valence-electron chi connectivity index (χ0n) is 5.49. The van der Waals surface area contributed by atoms with Crippen LogP contribution in [0, 0.1) is 6.42 Å². The Kier molecular flexibility index (Phi) is 2.18. The molecule has 1 saturated heterocycles. The average Bonchev–Trinajstić information content (AvgIpc) is 1.88. The van der Waals surface area contributed by atoms with Gasteiger partial charge >= 0.3 is 6.30 Å². The zero-order valence-corrected chi connectivity index (χ0v) is 5.49. The van der Waals surface area contributed by atoms with Crippen LogP contribution in [0.25, 0.3) is 0 Å². The highest BCUT2D eigenvalue weighted by molar-refractivity contribution is 4.77. The molecule has 1 fully saturated rings. The summed E-state index contributed by atoms with van der Waals surface area (Å²) in [6, 6.07) is 0. The summed E-state index contributed by atoms with van der Waals surface area (Å²) in [6.45, 7) is 0.257. The average molecular weight is 152 g/mol. The normalized spacial score (nSPS) is 23.1. The van der Waals surface area contributed by atoms with Crippen molar-refractivity contribution >= 4 is 0 Å². The first-order chi connectivity index (χ1) is 4.61. The second kappa shape index (κ2) is 2.78. The maximum Gasteiger partial charge on any atom is 0.459 e. The van der Waals surface area contributed by atoms with Crippen molar-refractivity contribution in [2.45, 2.75) is 19.1 Å². The summed E-state index contributed by atoms with van der Waals surface area (Å²) in [5, 5.41) is 0. The fourth-order valence-electron chi connectivity index (χ4n) is 1.00. The zero-order chi connectivity index (χ0) is 7.61. The summed E-state index contributed by atoms with van der Waals surface area (Å²) in [4.78, 5) is 0.549. The number of hydrogen-bond donors (Lipinski definition) is 0. The lowest BCUT2D eigenvalue weighted by Gasteiger charge is -2.27. The minimum absolute atomic E-state index is 0.128. The summed E-state index contributed by atoms with van der Waals surface area (Å²) in [7, 11) is 0. The second-order valence-electron chi connectivity index (χ2n) is 2.32. The van der Waals surface area contributed by atoms with Crippen LogP contribution in [-0.2, 0) is 0 Å². The molecule has 0 aromatic rings. The molecule has 10 heavy (non-hydrogen) atoms. The summed E-state index contributed by atoms with van der Waals surface area (Å²) in [5.74, 6) is 0. The van der Waals surface area contributed by atoms with E-state index in [1.54, 1.807) is 0 Å². The van der Waals surface area contributed by atoms with Gasteiger partial charge in [-0.25, -0.2) is 4.90 Å². The molecule has 4 heteroatoms. The Labute approximate surface area is 57.8 Å². The SMILES string of the molecule is FC(F)(F)N1CC[CH]CC1. The topological polar surface area (TPSA) is 3.24 Å². The first-order valence-electron chi connectivity index (χ1n) is 3.24. The maximum atomic E-state index is 11.9. The molecule has 0 amide bonds. The van der Waals surface area contributed by atoms with Crippen molar-refractivity contribution in [3.05, 3.63) is 6.42 Å². The predicted molar refractivity (Wildman–Crippen MR) is 31.2 cm³/mol. The molecule has 0 bridgehead atoms. The minimum atomic E-state index is -4.12. The lowest BCUT2D eigenvalue weighted by Crippen LogP contribution is -2.41. The molecule has 0 aliphatic carbocycles. The third-order valence-electron chi connectivity index (χ3n) is 1.56. The second-order valence-corrected chi connectivity index (χ2v) is 2.32. The van der Waals surface area contributed by atoms with Crippen LogP contribution in [-0.4, -0.2) is 24.3 Å². The fourth-order valence-corrected chi connectivity index (χ4v) is 1.00. The van der Waals surface area contributed by atoms with Crippen LogP contribution in [0.4, 0.5) is 13.2 Å². The van der Waals surface area contributed by atoms with E-state index < -0.39 is 6.30 Å². The van der Waals surface area contributed by atoms with Crippen LogP contribution in [0.5, 0.6) is 0 Å². The molecule has 59 valence electrons. The van der Waals surface area contributed by atoms with Crippen molar-refractivity contribution in [3.8, 4) is 0 Å². The number of rotatable bonds is 0. The van der Waals surface area contributed by atoms with E-state index in [2.05, 4.69) is 0 Å². The van der Waals surface area contributed by atoms with Gasteiger partial charge in [-0.1, -0.05) is 0 Å². The molecule has 1 radical (unpaired) electrons. The van der Waals surface area contributed by atoms with Crippen LogP contribution in [0.3, 0.4) is 0 Å². The first kappa shape index (κ1) is 7.85. The highest BCUT2D eigenvalue weighted by atomic mass is 19.4. The highest BCUT2D eigenvalue weighted by Crippen LogP contribution is 2.24. The minimum Gasteiger partial charge on any atom is -0.214 e. The van der Waals surface area contributed by atoms with E-state index in [9.17, 15) is 13.2 Å². The highest BCUT2D eigenvalue weighted by Gasteiger charge is 2.37. The number of nitrogens with zero attached hydrogens (tertiary/aromatic N) is 1. The van der Waals surface area contributed by atoms with Crippen molar-refractivity contribution in [1.29, 1.82) is 0 Å². The Bertz CT molecular complexity index is 104. The van der Waals surface area contributed by atoms with Crippen LogP contribution in [0.15, 0.2) is 0 Å². The lowest BCUT2D eigenvalue weighted by atomic mass is 10.1. The van der Waals surface area contributed by atoms with E-state index in [1.807, 2.05) is 6.42 Å². The molecule has 0 aromatic carbocycles. The number of halogens is 3. The van der Waals surface area contributed by atoms with E-state index in [0.29, 0.717) is 17.7 Å². The van der Waals surface area contributed by atoms with Gasteiger partial charge in [-0.3, -0.25) is 0 Å². The van der Waals surface area contributed by atoms with Crippen molar-refractivity contribution in [2.24, 2.45) is 0 Å². The van der Waals surface area contributed by atoms with Gasteiger partial charge in [-0.2, -0.15) is 13.2 Å². The summed E-state index contributed by atoms with van der Waals surface area (Å²) >= 11 is 0. The molecule has 0 N–H and O–H groups in total. The molecular formula is C6H9F3N. The molecule has 1 nitrogen and oxygen atoms in total. The number of alkyl halides is 3. The van der Waals surface area contributed by atoms with Crippen LogP contribution in [0.2, 0.25) is 0 Å². The van der Waals surface area contributed by atoms with Crippen molar-refractivity contribution < 1.29 is 13.2 Å². The van der Waals surface area contributed by atoms with Gasteiger partial charge in [0.05, 0.1) is 0 Å². The third kappa shape index (κ3) is 1.87. The Morgan fingerprint density at radius 1 is 1.10 bits per heavy atom. The molecule has 0 saturated carbocycles. The monoisotopic (exact) mass is 152 g/mol. The lowest BCUT2D eigenvalue weighted by molar-refractivity contribution is -0.247. The van der Waals surface area contributed by atoms with Crippen molar-refractivity contribution in [3.63, 3.8) is 0 Å². The molecular weight excluding hydrogens is 143 g/mol. The van der Waals surface area contributed by atoms with Crippen molar-refractivity contribution in [1.82, 2.24) is 4.90 Å². The molecule has 0 aromatic heterocycles. The van der Waals surface area contributed by atoms with Gasteiger partial charge < -0.3 is 0 Å². The first-order valence-corrected chi connectivity index (χ1v) is 3.24. The summed E-state index contributed by atoms with van der Waals surface area (Å²) in [5.41, 5.74) is 0. The Hall–Kier alpha value is -0.250. The van der Waals surface area contributed by atoms with Crippen LogP contribution < -0.4 is 0 Å². The van der Waals surface area contributed by atoms with Crippen LogP contribution >= 0.6 is 0 Å². The van der Waals surface area contributed by atoms with Crippen LogP contribution in [0.1, 0.15) is 12.8 Å². The van der Waals surface area contributed by atoms with Gasteiger partial charge in [-0.05, 0) is 19.3 Å². The van der Waals surface area contributed by atoms with Gasteiger partial charge in [0.25, 0.3) is 0 Å². The van der Waals surface area contributed by atoms with Gasteiger partial charge in [-0.15, -0.1) is 0 Å². The maximum absolute atomic E-state index is 11.9. The smallest absolute Gasteiger partial charge is 0.214 e. The van der Waals surface area contributed by atoms with E-state index in [4.69, 9.17) is 0 Å². The third-order valence-corrected chi connectivity index (χ3v) is 1.56. The van der Waals surface area contributed by atoms with E-state index in [-0.39, 0.29) is 13.1 Å². The number of piperidine rings is 1. The molecule has 0 spiro atoms. The predicted octanol–water partition coefficient (Wildman–Crippen LogP) is 1.81. The molecule has 0 atom stereocenters. The van der Waals surface area contributed by atoms with Gasteiger partial charge in [0.15, 0.2) is 0 Å². The Morgan fingerprint density at radius 2 is 1.60 bits per heavy atom. The molecule has 1 heterocycles. The largest absolute Gasteiger partial charge is 0.459 e. The molecule has 1 rings (SSSR count). The summed E-state index contributed by atoms with van der Waals surface area (Å²) in [6.07, 6.45) is -1.12. The van der Waals surface area contributed by atoms with E-state index in [0.717, 1.165) is 0 Å². The van der Waals surface area contributed by atoms with E-state index in [1.165, 1.54) is 0 Å². The molecule has 1 aliphatic heterocycles. The number of hydrogen-bond acceptors (Lipinski definition) is 1. The fraction of sp³-hybridized carbons (Fsp3) is 0.833. The Balaban J connectivity index is 2.39. The van der Waals surface area contributed by atoms with Crippen molar-refractivity contribution in [2.75, 3.05) is 13.1 Å². The molecule has 0 unspecified atom stereocenters. The number of likely N-dealkylation sites (tertiary alicyclic amines) is 1. The summed E-state index contributed by atoms with van der Waals surface area (Å²) < 4.78 is 35.6. The molecule has 1 aliphatic rings. The van der Waals surface area contributed by atoms with E-state index >= 15 is 0 Å².